The number of carboxylic acids is 1. The van der Waals surface area contributed by atoms with Crippen LogP contribution in [-0.2, 0) is 20.3 Å². The number of aliphatic carboxylic acids is 1. The molecule has 0 heterocycles. The van der Waals surface area contributed by atoms with Crippen molar-refractivity contribution in [3.63, 3.8) is 0 Å². The van der Waals surface area contributed by atoms with E-state index in [0.717, 1.165) is 0 Å². The first-order chi connectivity index (χ1) is 8.88. The minimum atomic E-state index is -1.08. The van der Waals surface area contributed by atoms with Gasteiger partial charge in [0.2, 0.25) is 0 Å². The van der Waals surface area contributed by atoms with Crippen LogP contribution in [0.3, 0.4) is 0 Å². The molecular weight excluding hydrogens is 272 g/mol. The summed E-state index contributed by atoms with van der Waals surface area (Å²) < 4.78 is 15.9. The highest BCUT2D eigenvalue weighted by molar-refractivity contribution is 7.84. The Morgan fingerprint density at radius 3 is 2.53 bits per heavy atom. The number of hydrogen-bond acceptors (Lipinski definition) is 4. The van der Waals surface area contributed by atoms with Crippen LogP contribution in [0.15, 0.2) is 0 Å². The van der Waals surface area contributed by atoms with Gasteiger partial charge in [-0.25, -0.2) is 9.59 Å². The van der Waals surface area contributed by atoms with Crippen molar-refractivity contribution in [3.05, 3.63) is 0 Å². The van der Waals surface area contributed by atoms with E-state index >= 15 is 0 Å². The summed E-state index contributed by atoms with van der Waals surface area (Å²) in [5.74, 6) is -1.08. The average molecular weight is 294 g/mol. The fourth-order valence-electron chi connectivity index (χ4n) is 1.25. The average Bonchev–Trinajstić information content (AvgIpc) is 2.34. The first kappa shape index (κ1) is 17.8. The molecule has 3 unspecified atom stereocenters. The van der Waals surface area contributed by atoms with E-state index in [1.165, 1.54) is 7.11 Å². The lowest BCUT2D eigenvalue weighted by molar-refractivity contribution is -0.139. The van der Waals surface area contributed by atoms with E-state index in [2.05, 4.69) is 10.6 Å². The summed E-state index contributed by atoms with van der Waals surface area (Å²) in [5, 5.41) is 13.6. The van der Waals surface area contributed by atoms with Crippen molar-refractivity contribution in [2.75, 3.05) is 26.5 Å². The van der Waals surface area contributed by atoms with Gasteiger partial charge in [-0.1, -0.05) is 0 Å². The molecule has 0 aromatic rings. The van der Waals surface area contributed by atoms with Crippen molar-refractivity contribution in [1.82, 2.24) is 10.6 Å². The summed E-state index contributed by atoms with van der Waals surface area (Å²) in [6, 6.07) is -1.51. The third kappa shape index (κ3) is 8.55. The normalized spacial score (nSPS) is 15.3. The molecule has 19 heavy (non-hydrogen) atoms. The second kappa shape index (κ2) is 9.74. The zero-order chi connectivity index (χ0) is 14.8. The van der Waals surface area contributed by atoms with Gasteiger partial charge in [-0.05, 0) is 19.8 Å². The predicted molar refractivity (Wildman–Crippen MR) is 72.6 cm³/mol. The lowest BCUT2D eigenvalue weighted by Crippen LogP contribution is -2.47. The minimum Gasteiger partial charge on any atom is -0.480 e. The molecule has 0 saturated carbocycles. The lowest BCUT2D eigenvalue weighted by atomic mass is 10.1. The Morgan fingerprint density at radius 1 is 1.42 bits per heavy atom. The maximum Gasteiger partial charge on any atom is 0.326 e. The van der Waals surface area contributed by atoms with Crippen LogP contribution in [0.5, 0.6) is 0 Å². The van der Waals surface area contributed by atoms with E-state index in [4.69, 9.17) is 9.84 Å². The molecule has 0 radical (unpaired) electrons. The molecule has 2 amide bonds. The number of methoxy groups -OCH3 is 1. The molecule has 8 heteroatoms. The topological polar surface area (TPSA) is 105 Å². The Hall–Kier alpha value is -1.15. The molecule has 0 rings (SSSR count). The fourth-order valence-corrected chi connectivity index (χ4v) is 1.57. The molecule has 0 aliphatic carbocycles. The molecule has 7 nitrogen and oxygen atoms in total. The van der Waals surface area contributed by atoms with Gasteiger partial charge in [-0.15, -0.1) is 0 Å². The smallest absolute Gasteiger partial charge is 0.326 e. The molecule has 0 spiro atoms. The molecule has 3 atom stereocenters. The Bertz CT molecular complexity index is 324. The number of carbonyl (C=O) groups excluding carboxylic acids is 1. The van der Waals surface area contributed by atoms with Gasteiger partial charge >= 0.3 is 12.0 Å². The van der Waals surface area contributed by atoms with E-state index < -0.39 is 28.8 Å². The summed E-state index contributed by atoms with van der Waals surface area (Å²) in [5.41, 5.74) is 0. The Kier molecular flexibility index (Phi) is 9.15. The first-order valence-electron chi connectivity index (χ1n) is 5.96. The highest BCUT2D eigenvalue weighted by atomic mass is 32.2. The number of urea groups is 1. The van der Waals surface area contributed by atoms with Gasteiger partial charge in [0.25, 0.3) is 0 Å². The first-order valence-corrected chi connectivity index (χ1v) is 7.59. The van der Waals surface area contributed by atoms with Crippen molar-refractivity contribution in [2.24, 2.45) is 0 Å². The van der Waals surface area contributed by atoms with Crippen molar-refractivity contribution in [1.29, 1.82) is 0 Å². The zero-order valence-corrected chi connectivity index (χ0v) is 12.3. The molecule has 0 aromatic heterocycles. The molecule has 0 aromatic carbocycles. The van der Waals surface area contributed by atoms with Gasteiger partial charge in [0.15, 0.2) is 0 Å². The third-order valence-electron chi connectivity index (χ3n) is 2.56. The fraction of sp³-hybridized carbons (Fsp3) is 0.818. The van der Waals surface area contributed by atoms with Crippen LogP contribution in [0.25, 0.3) is 0 Å². The second-order valence-corrected chi connectivity index (χ2v) is 5.99. The summed E-state index contributed by atoms with van der Waals surface area (Å²) in [6.45, 7) is 2.42. The Morgan fingerprint density at radius 2 is 2.05 bits per heavy atom. The number of hydrogen-bond donors (Lipinski definition) is 3. The van der Waals surface area contributed by atoms with Crippen LogP contribution >= 0.6 is 0 Å². The number of nitrogens with one attached hydrogen (secondary N) is 2. The van der Waals surface area contributed by atoms with Crippen molar-refractivity contribution >= 4 is 22.8 Å². The third-order valence-corrected chi connectivity index (χ3v) is 3.86. The van der Waals surface area contributed by atoms with Gasteiger partial charge in [0, 0.05) is 42.6 Å². The number of rotatable bonds is 9. The van der Waals surface area contributed by atoms with Crippen LogP contribution < -0.4 is 10.6 Å². The van der Waals surface area contributed by atoms with Crippen LogP contribution in [0.2, 0.25) is 0 Å². The second-order valence-electron chi connectivity index (χ2n) is 4.19. The number of carboxylic acid groups (broad SMARTS) is 1. The molecule has 0 aliphatic heterocycles. The Balaban J connectivity index is 4.09. The molecular formula is C11H22N2O5S. The van der Waals surface area contributed by atoms with Gasteiger partial charge in [0.05, 0.1) is 0 Å². The highest BCUT2D eigenvalue weighted by Crippen LogP contribution is 1.98. The van der Waals surface area contributed by atoms with E-state index in [1.54, 1.807) is 13.2 Å². The van der Waals surface area contributed by atoms with Crippen LogP contribution in [0.1, 0.15) is 19.8 Å². The van der Waals surface area contributed by atoms with E-state index in [1.807, 2.05) is 0 Å². The van der Waals surface area contributed by atoms with Gasteiger partial charge < -0.3 is 20.5 Å². The number of carbonyl (C=O) groups is 2. The van der Waals surface area contributed by atoms with E-state index in [-0.39, 0.29) is 11.8 Å². The number of amides is 2. The zero-order valence-electron chi connectivity index (χ0n) is 11.5. The summed E-state index contributed by atoms with van der Waals surface area (Å²) in [4.78, 5) is 22.4. The number of ether oxygens (including phenoxy) is 1. The van der Waals surface area contributed by atoms with Crippen molar-refractivity contribution in [2.45, 2.75) is 31.1 Å². The van der Waals surface area contributed by atoms with Crippen molar-refractivity contribution in [3.8, 4) is 0 Å². The highest BCUT2D eigenvalue weighted by Gasteiger charge is 2.19. The van der Waals surface area contributed by atoms with Crippen LogP contribution in [0.4, 0.5) is 4.79 Å². The molecule has 0 aliphatic rings. The van der Waals surface area contributed by atoms with Crippen molar-refractivity contribution < 1.29 is 23.6 Å². The Labute approximate surface area is 115 Å². The summed E-state index contributed by atoms with van der Waals surface area (Å²) in [6.07, 6.45) is 2.39. The van der Waals surface area contributed by atoms with Crippen LogP contribution in [-0.4, -0.2) is 59.1 Å². The maximum atomic E-state index is 11.5. The predicted octanol–water partition coefficient (Wildman–Crippen LogP) is -0.0676. The molecule has 3 N–H and O–H groups in total. The monoisotopic (exact) mass is 294 g/mol. The molecule has 0 saturated heterocycles. The van der Waals surface area contributed by atoms with Gasteiger partial charge in [-0.3, -0.25) is 4.21 Å². The van der Waals surface area contributed by atoms with Gasteiger partial charge in [0.1, 0.15) is 6.04 Å². The maximum absolute atomic E-state index is 11.5. The molecule has 112 valence electrons. The lowest BCUT2D eigenvalue weighted by Gasteiger charge is -2.16. The summed E-state index contributed by atoms with van der Waals surface area (Å²) in [7, 11) is 0.500. The SMILES string of the molecule is COCCCC(NC(=O)NCC(C)S(C)=O)C(=O)O. The van der Waals surface area contributed by atoms with E-state index in [9.17, 15) is 13.8 Å². The van der Waals surface area contributed by atoms with E-state index in [0.29, 0.717) is 19.4 Å². The minimum absolute atomic E-state index is 0.178. The largest absolute Gasteiger partial charge is 0.480 e. The molecule has 0 fully saturated rings. The summed E-state index contributed by atoms with van der Waals surface area (Å²) >= 11 is 0. The quantitative estimate of drug-likeness (QED) is 0.516. The standard InChI is InChI=1S/C11H22N2O5S/c1-8(19(3)17)7-12-11(16)13-9(10(14)15)5-4-6-18-2/h8-9H,4-7H2,1-3H3,(H,14,15)(H2,12,13,16). The van der Waals surface area contributed by atoms with Crippen LogP contribution in [0, 0.1) is 0 Å². The van der Waals surface area contributed by atoms with Gasteiger partial charge in [-0.2, -0.15) is 0 Å². The molecule has 0 bridgehead atoms.